The minimum absolute atomic E-state index is 0.0372. The zero-order valence-corrected chi connectivity index (χ0v) is 10.5. The molecule has 4 nitrogen and oxygen atoms in total. The number of carbonyl (C=O) groups excluding carboxylic acids is 1. The quantitative estimate of drug-likeness (QED) is 0.826. The number of sulfone groups is 1. The smallest absolute Gasteiger partial charge is 0.176 e. The molecule has 6 heteroatoms. The number of carbonyl (C=O) groups is 1. The summed E-state index contributed by atoms with van der Waals surface area (Å²) in [4.78, 5) is 11.5. The van der Waals surface area contributed by atoms with Crippen LogP contribution in [-0.4, -0.2) is 34.0 Å². The SMILES string of the molecule is CNCC(=O)c1ccc(S(C)(=O)=O)c(Cl)c1. The van der Waals surface area contributed by atoms with Crippen molar-refractivity contribution in [2.45, 2.75) is 4.90 Å². The molecule has 1 aromatic rings. The summed E-state index contributed by atoms with van der Waals surface area (Å²) in [7, 11) is -1.69. The molecule has 0 unspecified atom stereocenters. The molecule has 0 heterocycles. The number of nitrogens with one attached hydrogen (secondary N) is 1. The van der Waals surface area contributed by atoms with E-state index < -0.39 is 9.84 Å². The van der Waals surface area contributed by atoms with E-state index >= 15 is 0 Å². The molecular formula is C10H12ClNO3S. The predicted molar refractivity (Wildman–Crippen MR) is 62.8 cm³/mol. The van der Waals surface area contributed by atoms with Crippen LogP contribution < -0.4 is 5.32 Å². The van der Waals surface area contributed by atoms with Crippen LogP contribution in [0.4, 0.5) is 0 Å². The molecule has 0 saturated carbocycles. The first-order valence-electron chi connectivity index (χ1n) is 4.53. The van der Waals surface area contributed by atoms with Crippen molar-refractivity contribution in [2.24, 2.45) is 0 Å². The molecule has 0 aliphatic heterocycles. The standard InChI is InChI=1S/C10H12ClNO3S/c1-12-6-9(13)7-3-4-10(8(11)5-7)16(2,14)15/h3-5,12H,6H2,1-2H3. The van der Waals surface area contributed by atoms with Gasteiger partial charge in [0.25, 0.3) is 0 Å². The van der Waals surface area contributed by atoms with Gasteiger partial charge < -0.3 is 5.32 Å². The summed E-state index contributed by atoms with van der Waals surface area (Å²) in [6.45, 7) is 0.189. The maximum absolute atomic E-state index is 11.5. The Kier molecular flexibility index (Phi) is 4.07. The molecule has 1 rings (SSSR count). The average molecular weight is 262 g/mol. The largest absolute Gasteiger partial charge is 0.313 e. The van der Waals surface area contributed by atoms with Crippen LogP contribution >= 0.6 is 11.6 Å². The summed E-state index contributed by atoms with van der Waals surface area (Å²) in [6.07, 6.45) is 1.07. The molecule has 0 bridgehead atoms. The van der Waals surface area contributed by atoms with E-state index in [1.165, 1.54) is 18.2 Å². The summed E-state index contributed by atoms with van der Waals surface area (Å²) in [5.74, 6) is -0.135. The second-order valence-electron chi connectivity index (χ2n) is 3.37. The third kappa shape index (κ3) is 3.04. The van der Waals surface area contributed by atoms with E-state index in [0.29, 0.717) is 5.56 Å². The van der Waals surface area contributed by atoms with Crippen LogP contribution in [0.2, 0.25) is 5.02 Å². The molecule has 16 heavy (non-hydrogen) atoms. The van der Waals surface area contributed by atoms with Gasteiger partial charge in [-0.2, -0.15) is 0 Å². The zero-order chi connectivity index (χ0) is 12.3. The molecule has 0 saturated heterocycles. The fourth-order valence-electron chi connectivity index (χ4n) is 1.24. The molecule has 0 aliphatic carbocycles. The Morgan fingerprint density at radius 2 is 2.06 bits per heavy atom. The minimum Gasteiger partial charge on any atom is -0.313 e. The topological polar surface area (TPSA) is 63.2 Å². The number of benzene rings is 1. The van der Waals surface area contributed by atoms with Gasteiger partial charge in [0.15, 0.2) is 15.6 Å². The highest BCUT2D eigenvalue weighted by Gasteiger charge is 2.14. The number of hydrogen-bond donors (Lipinski definition) is 1. The van der Waals surface area contributed by atoms with Crippen LogP contribution in [0.1, 0.15) is 10.4 Å². The predicted octanol–water partition coefficient (Wildman–Crippen LogP) is 1.15. The van der Waals surface area contributed by atoms with Crippen LogP contribution in [0.5, 0.6) is 0 Å². The van der Waals surface area contributed by atoms with E-state index in [0.717, 1.165) is 6.26 Å². The molecule has 1 aromatic carbocycles. The fraction of sp³-hybridized carbons (Fsp3) is 0.300. The first-order valence-corrected chi connectivity index (χ1v) is 6.80. The normalized spacial score (nSPS) is 11.4. The molecule has 0 spiro atoms. The van der Waals surface area contributed by atoms with E-state index in [1.54, 1.807) is 7.05 Å². The summed E-state index contributed by atoms with van der Waals surface area (Å²) in [6, 6.07) is 4.18. The van der Waals surface area contributed by atoms with Crippen molar-refractivity contribution in [3.05, 3.63) is 28.8 Å². The minimum atomic E-state index is -3.35. The highest BCUT2D eigenvalue weighted by Crippen LogP contribution is 2.22. The molecule has 0 aromatic heterocycles. The third-order valence-corrected chi connectivity index (χ3v) is 3.57. The van der Waals surface area contributed by atoms with Crippen LogP contribution in [0.3, 0.4) is 0 Å². The highest BCUT2D eigenvalue weighted by atomic mass is 35.5. The number of hydrogen-bond acceptors (Lipinski definition) is 4. The van der Waals surface area contributed by atoms with Crippen molar-refractivity contribution >= 4 is 27.2 Å². The molecular weight excluding hydrogens is 250 g/mol. The van der Waals surface area contributed by atoms with Gasteiger partial charge in [-0.15, -0.1) is 0 Å². The molecule has 0 fully saturated rings. The number of rotatable bonds is 4. The van der Waals surface area contributed by atoms with Gasteiger partial charge in [-0.3, -0.25) is 4.79 Å². The lowest BCUT2D eigenvalue weighted by atomic mass is 10.1. The summed E-state index contributed by atoms with van der Waals surface area (Å²) < 4.78 is 22.6. The van der Waals surface area contributed by atoms with Crippen LogP contribution in [0.15, 0.2) is 23.1 Å². The Balaban J connectivity index is 3.14. The Hall–Kier alpha value is -0.910. The summed E-state index contributed by atoms with van der Waals surface area (Å²) >= 11 is 5.81. The average Bonchev–Trinajstić information content (AvgIpc) is 2.16. The molecule has 0 radical (unpaired) electrons. The van der Waals surface area contributed by atoms with Crippen molar-refractivity contribution in [1.82, 2.24) is 5.32 Å². The zero-order valence-electron chi connectivity index (χ0n) is 8.95. The van der Waals surface area contributed by atoms with E-state index in [2.05, 4.69) is 5.32 Å². The molecule has 0 aliphatic rings. The van der Waals surface area contributed by atoms with Gasteiger partial charge in [0, 0.05) is 11.8 Å². The maximum atomic E-state index is 11.5. The van der Waals surface area contributed by atoms with Gasteiger partial charge >= 0.3 is 0 Å². The van der Waals surface area contributed by atoms with Crippen molar-refractivity contribution < 1.29 is 13.2 Å². The van der Waals surface area contributed by atoms with Gasteiger partial charge in [-0.1, -0.05) is 11.6 Å². The van der Waals surface area contributed by atoms with Crippen LogP contribution in [0, 0.1) is 0 Å². The molecule has 88 valence electrons. The maximum Gasteiger partial charge on any atom is 0.176 e. The lowest BCUT2D eigenvalue weighted by Gasteiger charge is -2.04. The van der Waals surface area contributed by atoms with Gasteiger partial charge in [0.05, 0.1) is 16.5 Å². The van der Waals surface area contributed by atoms with Gasteiger partial charge in [-0.05, 0) is 25.2 Å². The fourth-order valence-corrected chi connectivity index (χ4v) is 2.57. The van der Waals surface area contributed by atoms with Crippen LogP contribution in [-0.2, 0) is 9.84 Å². The van der Waals surface area contributed by atoms with E-state index in [-0.39, 0.29) is 22.2 Å². The first kappa shape index (κ1) is 13.2. The summed E-state index contributed by atoms with van der Waals surface area (Å²) in [5, 5.41) is 2.79. The lowest BCUT2D eigenvalue weighted by Crippen LogP contribution is -2.18. The van der Waals surface area contributed by atoms with Crippen molar-refractivity contribution in [1.29, 1.82) is 0 Å². The Labute approximate surface area is 99.5 Å². The molecule has 0 atom stereocenters. The first-order chi connectivity index (χ1) is 7.36. The number of halogens is 1. The highest BCUT2D eigenvalue weighted by molar-refractivity contribution is 7.90. The monoisotopic (exact) mass is 261 g/mol. The number of Topliss-reactive ketones (excluding diaryl/α,β-unsaturated/α-hetero) is 1. The van der Waals surface area contributed by atoms with Gasteiger partial charge in [0.1, 0.15) is 0 Å². The lowest BCUT2D eigenvalue weighted by molar-refractivity contribution is 0.0993. The Bertz CT molecular complexity index is 511. The molecule has 0 amide bonds. The van der Waals surface area contributed by atoms with Gasteiger partial charge in [0.2, 0.25) is 0 Å². The second kappa shape index (κ2) is 4.95. The number of likely N-dealkylation sites (N-methyl/N-ethyl adjacent to an activating group) is 1. The Morgan fingerprint density at radius 3 is 2.50 bits per heavy atom. The molecule has 1 N–H and O–H groups in total. The Morgan fingerprint density at radius 1 is 1.44 bits per heavy atom. The third-order valence-electron chi connectivity index (χ3n) is 1.99. The number of ketones is 1. The van der Waals surface area contributed by atoms with Crippen molar-refractivity contribution in [3.63, 3.8) is 0 Å². The van der Waals surface area contributed by atoms with E-state index in [1.807, 2.05) is 0 Å². The van der Waals surface area contributed by atoms with Crippen molar-refractivity contribution in [3.8, 4) is 0 Å². The van der Waals surface area contributed by atoms with Crippen molar-refractivity contribution in [2.75, 3.05) is 19.8 Å². The van der Waals surface area contributed by atoms with E-state index in [4.69, 9.17) is 11.6 Å². The van der Waals surface area contributed by atoms with Crippen LogP contribution in [0.25, 0.3) is 0 Å². The van der Waals surface area contributed by atoms with Gasteiger partial charge in [-0.25, -0.2) is 8.42 Å². The second-order valence-corrected chi connectivity index (χ2v) is 5.76. The van der Waals surface area contributed by atoms with E-state index in [9.17, 15) is 13.2 Å². The summed E-state index contributed by atoms with van der Waals surface area (Å²) in [5.41, 5.74) is 0.395.